The van der Waals surface area contributed by atoms with Crippen LogP contribution in [0, 0.1) is 18.3 Å². The van der Waals surface area contributed by atoms with Crippen molar-refractivity contribution < 1.29 is 0 Å². The summed E-state index contributed by atoms with van der Waals surface area (Å²) in [4.78, 5) is 0. The predicted octanol–water partition coefficient (Wildman–Crippen LogP) is 2.17. The molecular weight excluding hydrogens is 222 g/mol. The Balaban J connectivity index is 1.45. The second-order valence-electron chi connectivity index (χ2n) is 7.37. The molecule has 96 valence electrons. The topological polar surface area (TPSA) is 29.9 Å². The zero-order valence-electron chi connectivity index (χ0n) is 11.1. The van der Waals surface area contributed by atoms with Gasteiger partial charge in [-0.15, -0.1) is 0 Å². The van der Waals surface area contributed by atoms with Gasteiger partial charge >= 0.3 is 0 Å². The number of hydrogen-bond acceptors (Lipinski definition) is 2. The lowest BCUT2D eigenvalue weighted by atomic mass is 9.35. The van der Waals surface area contributed by atoms with Crippen LogP contribution < -0.4 is 5.32 Å². The molecule has 4 saturated carbocycles. The number of rotatable bonds is 3. The standard InChI is InChI=1S/C15H21N3/c1-10-4-13(11-2-3-11)18(17-10)15-7-14(8-15,9-15)12-5-16-6-12/h4,11-12,16H,2-3,5-9H2,1H3. The van der Waals surface area contributed by atoms with Gasteiger partial charge in [-0.3, -0.25) is 4.68 Å². The number of hydrogen-bond donors (Lipinski definition) is 1. The van der Waals surface area contributed by atoms with Crippen LogP contribution in [-0.4, -0.2) is 22.9 Å². The average molecular weight is 243 g/mol. The zero-order chi connectivity index (χ0) is 12.0. The lowest BCUT2D eigenvalue weighted by Gasteiger charge is -2.74. The molecule has 18 heavy (non-hydrogen) atoms. The molecule has 0 unspecified atom stereocenters. The lowest BCUT2D eigenvalue weighted by molar-refractivity contribution is -0.234. The molecule has 4 aliphatic carbocycles. The first-order valence-electron chi connectivity index (χ1n) is 7.49. The van der Waals surface area contributed by atoms with Crippen LogP contribution in [0.15, 0.2) is 6.07 Å². The maximum atomic E-state index is 4.84. The fraction of sp³-hybridized carbons (Fsp3) is 0.800. The number of aromatic nitrogens is 2. The van der Waals surface area contributed by atoms with Crippen LogP contribution in [0.5, 0.6) is 0 Å². The van der Waals surface area contributed by atoms with Gasteiger partial charge in [0.2, 0.25) is 0 Å². The van der Waals surface area contributed by atoms with Crippen molar-refractivity contribution in [3.05, 3.63) is 17.5 Å². The van der Waals surface area contributed by atoms with Crippen molar-refractivity contribution in [1.82, 2.24) is 15.1 Å². The van der Waals surface area contributed by atoms with Gasteiger partial charge in [-0.05, 0) is 69.5 Å². The Hall–Kier alpha value is -0.830. The zero-order valence-corrected chi connectivity index (χ0v) is 11.1. The molecular formula is C15H21N3. The molecule has 0 atom stereocenters. The van der Waals surface area contributed by atoms with Crippen LogP contribution in [0.2, 0.25) is 0 Å². The van der Waals surface area contributed by atoms with E-state index in [0.29, 0.717) is 11.0 Å². The highest BCUT2D eigenvalue weighted by Crippen LogP contribution is 2.75. The maximum Gasteiger partial charge on any atom is 0.0647 e. The number of aryl methyl sites for hydroxylation is 1. The highest BCUT2D eigenvalue weighted by atomic mass is 15.4. The van der Waals surface area contributed by atoms with Crippen molar-refractivity contribution in [1.29, 1.82) is 0 Å². The summed E-state index contributed by atoms with van der Waals surface area (Å²) in [5, 5.41) is 8.27. The van der Waals surface area contributed by atoms with Gasteiger partial charge < -0.3 is 5.32 Å². The average Bonchev–Trinajstić information content (AvgIpc) is 2.91. The van der Waals surface area contributed by atoms with Crippen molar-refractivity contribution in [2.75, 3.05) is 13.1 Å². The molecule has 3 nitrogen and oxygen atoms in total. The molecule has 1 N–H and O–H groups in total. The summed E-state index contributed by atoms with van der Waals surface area (Å²) in [5.41, 5.74) is 3.93. The Bertz CT molecular complexity index is 502. The quantitative estimate of drug-likeness (QED) is 0.881. The van der Waals surface area contributed by atoms with Gasteiger partial charge in [-0.1, -0.05) is 0 Å². The van der Waals surface area contributed by atoms with E-state index in [1.54, 1.807) is 5.69 Å². The highest BCUT2D eigenvalue weighted by Gasteiger charge is 2.72. The molecule has 1 aliphatic heterocycles. The molecule has 5 fully saturated rings. The third kappa shape index (κ3) is 1.04. The molecule has 1 aromatic heterocycles. The van der Waals surface area contributed by atoms with Gasteiger partial charge in [0.1, 0.15) is 0 Å². The Morgan fingerprint density at radius 1 is 1.28 bits per heavy atom. The summed E-state index contributed by atoms with van der Waals surface area (Å²) >= 11 is 0. The van der Waals surface area contributed by atoms with E-state index in [-0.39, 0.29) is 0 Å². The first-order valence-corrected chi connectivity index (χ1v) is 7.49. The van der Waals surface area contributed by atoms with Gasteiger partial charge in [-0.25, -0.2) is 0 Å². The first-order chi connectivity index (χ1) is 8.71. The van der Waals surface area contributed by atoms with Gasteiger partial charge in [-0.2, -0.15) is 5.10 Å². The van der Waals surface area contributed by atoms with Crippen LogP contribution in [-0.2, 0) is 5.54 Å². The highest BCUT2D eigenvalue weighted by molar-refractivity contribution is 5.29. The smallest absolute Gasteiger partial charge is 0.0647 e. The van der Waals surface area contributed by atoms with Crippen molar-refractivity contribution in [3.63, 3.8) is 0 Å². The minimum absolute atomic E-state index is 0.446. The fourth-order valence-electron chi connectivity index (χ4n) is 4.76. The van der Waals surface area contributed by atoms with E-state index < -0.39 is 0 Å². The van der Waals surface area contributed by atoms with E-state index in [2.05, 4.69) is 23.0 Å². The summed E-state index contributed by atoms with van der Waals surface area (Å²) in [6, 6.07) is 2.34. The minimum Gasteiger partial charge on any atom is -0.316 e. The fourth-order valence-corrected chi connectivity index (χ4v) is 4.76. The van der Waals surface area contributed by atoms with Crippen LogP contribution in [0.1, 0.15) is 49.4 Å². The Morgan fingerprint density at radius 3 is 2.56 bits per heavy atom. The van der Waals surface area contributed by atoms with Gasteiger partial charge in [0.05, 0.1) is 11.2 Å². The van der Waals surface area contributed by atoms with Crippen molar-refractivity contribution in [3.8, 4) is 0 Å². The summed E-state index contributed by atoms with van der Waals surface area (Å²) in [6.45, 7) is 4.69. The summed E-state index contributed by atoms with van der Waals surface area (Å²) in [6.07, 6.45) is 7.01. The lowest BCUT2D eigenvalue weighted by Crippen LogP contribution is -2.74. The molecule has 3 heteroatoms. The van der Waals surface area contributed by atoms with Crippen LogP contribution in [0.4, 0.5) is 0 Å². The van der Waals surface area contributed by atoms with Gasteiger partial charge in [0.15, 0.2) is 0 Å². The third-order valence-electron chi connectivity index (χ3n) is 5.99. The van der Waals surface area contributed by atoms with E-state index >= 15 is 0 Å². The molecule has 5 aliphatic rings. The number of nitrogens with one attached hydrogen (secondary N) is 1. The van der Waals surface area contributed by atoms with E-state index in [1.165, 1.54) is 50.9 Å². The van der Waals surface area contributed by atoms with E-state index in [9.17, 15) is 0 Å². The van der Waals surface area contributed by atoms with Crippen LogP contribution in [0.25, 0.3) is 0 Å². The second-order valence-corrected chi connectivity index (χ2v) is 7.37. The largest absolute Gasteiger partial charge is 0.316 e. The Kier molecular flexibility index (Phi) is 1.58. The maximum absolute atomic E-state index is 4.84. The van der Waals surface area contributed by atoms with E-state index in [4.69, 9.17) is 5.10 Å². The van der Waals surface area contributed by atoms with Crippen LogP contribution >= 0.6 is 0 Å². The first kappa shape index (κ1) is 10.0. The Morgan fingerprint density at radius 2 is 2.00 bits per heavy atom. The number of nitrogens with zero attached hydrogens (tertiary/aromatic N) is 2. The molecule has 0 radical (unpaired) electrons. The molecule has 2 bridgehead atoms. The molecule has 0 spiro atoms. The van der Waals surface area contributed by atoms with Crippen molar-refractivity contribution in [2.45, 2.75) is 50.5 Å². The molecule has 1 saturated heterocycles. The molecule has 1 aromatic rings. The van der Waals surface area contributed by atoms with Crippen molar-refractivity contribution >= 4 is 0 Å². The molecule has 6 rings (SSSR count). The van der Waals surface area contributed by atoms with Crippen LogP contribution in [0.3, 0.4) is 0 Å². The summed E-state index contributed by atoms with van der Waals surface area (Å²) in [5.74, 6) is 1.81. The van der Waals surface area contributed by atoms with E-state index in [0.717, 1.165) is 11.8 Å². The molecule has 2 heterocycles. The van der Waals surface area contributed by atoms with Gasteiger partial charge in [0, 0.05) is 11.6 Å². The molecule has 0 amide bonds. The second kappa shape index (κ2) is 2.84. The third-order valence-corrected chi connectivity index (χ3v) is 5.99. The van der Waals surface area contributed by atoms with Gasteiger partial charge in [0.25, 0.3) is 0 Å². The summed E-state index contributed by atoms with van der Waals surface area (Å²) in [7, 11) is 0. The summed E-state index contributed by atoms with van der Waals surface area (Å²) < 4.78 is 2.45. The predicted molar refractivity (Wildman–Crippen MR) is 69.6 cm³/mol. The monoisotopic (exact) mass is 243 g/mol. The minimum atomic E-state index is 0.446. The normalized spacial score (nSPS) is 42.1. The van der Waals surface area contributed by atoms with Crippen molar-refractivity contribution in [2.24, 2.45) is 11.3 Å². The molecule has 0 aromatic carbocycles. The SMILES string of the molecule is Cc1cc(C2CC2)n(C23CC(C4CNC4)(C2)C3)n1. The Labute approximate surface area is 108 Å². The van der Waals surface area contributed by atoms with E-state index in [1.807, 2.05) is 0 Å².